The molecular weight excluding hydrogens is 523 g/mol. The number of aromatic nitrogens is 2. The van der Waals surface area contributed by atoms with Crippen molar-refractivity contribution in [2.75, 3.05) is 3.71 Å². The third kappa shape index (κ3) is 6.93. The molecule has 0 aliphatic rings. The monoisotopic (exact) mass is 551 g/mol. The van der Waals surface area contributed by atoms with Gasteiger partial charge in [0.2, 0.25) is 10.0 Å². The summed E-state index contributed by atoms with van der Waals surface area (Å²) >= 11 is 1.23. The van der Waals surface area contributed by atoms with Gasteiger partial charge in [0, 0.05) is 17.7 Å². The van der Waals surface area contributed by atoms with Crippen molar-refractivity contribution in [2.45, 2.75) is 24.9 Å². The fraction of sp³-hybridized carbons (Fsp3) is 0.125. The minimum Gasteiger partial charge on any atom is -0.247 e. The first kappa shape index (κ1) is 26.7. The molecule has 0 saturated heterocycles. The molecule has 4 aromatic carbocycles. The highest BCUT2D eigenvalue weighted by Crippen LogP contribution is 2.33. The van der Waals surface area contributed by atoms with Crippen LogP contribution >= 0.6 is 11.9 Å². The Morgan fingerprint density at radius 3 is 1.90 bits per heavy atom. The lowest BCUT2D eigenvalue weighted by molar-refractivity contribution is 0.597. The molecule has 0 bridgehead atoms. The van der Waals surface area contributed by atoms with E-state index in [1.807, 2.05) is 122 Å². The number of sulfonamides is 1. The van der Waals surface area contributed by atoms with Crippen LogP contribution in [0.2, 0.25) is 0 Å². The number of nitrogens with zero attached hydrogens (tertiary/aromatic N) is 3. The van der Waals surface area contributed by atoms with Gasteiger partial charge in [0.25, 0.3) is 0 Å². The number of rotatable bonds is 10. The standard InChI is InChI=1S/C32H29N3O2S2/c1-25-17-19-29(20-18-25)31-22-33-32(30(34-31)21-26-11-5-2-6-12-26)35(38-23-27-13-7-3-8-14-27)39(36,37)24-28-15-9-4-10-16-28/h2-20,22H,21,23-24H2,1H3. The Bertz CT molecular complexity index is 1610. The summed E-state index contributed by atoms with van der Waals surface area (Å²) in [4.78, 5) is 9.74. The van der Waals surface area contributed by atoms with E-state index >= 15 is 0 Å². The van der Waals surface area contributed by atoms with Gasteiger partial charge in [-0.3, -0.25) is 0 Å². The first-order chi connectivity index (χ1) is 19.0. The molecule has 7 heteroatoms. The van der Waals surface area contributed by atoms with E-state index < -0.39 is 10.0 Å². The molecule has 0 aliphatic carbocycles. The van der Waals surface area contributed by atoms with Crippen molar-refractivity contribution in [1.82, 2.24) is 9.97 Å². The fourth-order valence-corrected chi connectivity index (χ4v) is 7.01. The zero-order valence-corrected chi connectivity index (χ0v) is 23.3. The summed E-state index contributed by atoms with van der Waals surface area (Å²) in [6.45, 7) is 2.04. The molecule has 0 N–H and O–H groups in total. The average molecular weight is 552 g/mol. The average Bonchev–Trinajstić information content (AvgIpc) is 2.95. The van der Waals surface area contributed by atoms with Crippen LogP contribution in [0.25, 0.3) is 11.3 Å². The number of anilines is 1. The second kappa shape index (κ2) is 12.3. The number of aryl methyl sites for hydroxylation is 1. The van der Waals surface area contributed by atoms with Crippen molar-refractivity contribution in [3.05, 3.63) is 149 Å². The molecule has 5 nitrogen and oxygen atoms in total. The van der Waals surface area contributed by atoms with Crippen LogP contribution < -0.4 is 3.71 Å². The molecule has 0 saturated carbocycles. The van der Waals surface area contributed by atoms with E-state index in [2.05, 4.69) is 0 Å². The Morgan fingerprint density at radius 2 is 1.28 bits per heavy atom. The van der Waals surface area contributed by atoms with E-state index in [0.29, 0.717) is 29.4 Å². The summed E-state index contributed by atoms with van der Waals surface area (Å²) in [6, 6.07) is 37.1. The highest BCUT2D eigenvalue weighted by atomic mass is 32.3. The van der Waals surface area contributed by atoms with Gasteiger partial charge in [-0.25, -0.2) is 18.4 Å². The molecule has 5 aromatic rings. The summed E-state index contributed by atoms with van der Waals surface area (Å²) in [5, 5.41) is 0. The van der Waals surface area contributed by atoms with Gasteiger partial charge in [-0.1, -0.05) is 121 Å². The Kier molecular flexibility index (Phi) is 8.39. The molecule has 0 unspecified atom stereocenters. The quantitative estimate of drug-likeness (QED) is 0.171. The summed E-state index contributed by atoms with van der Waals surface area (Å²) in [5.74, 6) is 0.676. The molecule has 0 atom stereocenters. The van der Waals surface area contributed by atoms with E-state index in [1.54, 1.807) is 6.20 Å². The van der Waals surface area contributed by atoms with Gasteiger partial charge < -0.3 is 0 Å². The van der Waals surface area contributed by atoms with Crippen LogP contribution in [0.15, 0.2) is 121 Å². The molecule has 196 valence electrons. The molecule has 1 aromatic heterocycles. The summed E-state index contributed by atoms with van der Waals surface area (Å²) < 4.78 is 29.3. The fourth-order valence-electron chi connectivity index (χ4n) is 4.17. The summed E-state index contributed by atoms with van der Waals surface area (Å²) in [7, 11) is -3.80. The third-order valence-electron chi connectivity index (χ3n) is 6.19. The second-order valence-corrected chi connectivity index (χ2v) is 12.2. The lowest BCUT2D eigenvalue weighted by Gasteiger charge is -2.24. The van der Waals surface area contributed by atoms with Gasteiger partial charge in [-0.05, 0) is 35.6 Å². The Labute approximate surface area is 234 Å². The maximum absolute atomic E-state index is 14.0. The minimum absolute atomic E-state index is 0.137. The molecule has 5 rings (SSSR count). The minimum atomic E-state index is -3.80. The van der Waals surface area contributed by atoms with E-state index in [1.165, 1.54) is 15.7 Å². The highest BCUT2D eigenvalue weighted by Gasteiger charge is 2.29. The molecule has 0 spiro atoms. The zero-order valence-electron chi connectivity index (χ0n) is 21.6. The summed E-state index contributed by atoms with van der Waals surface area (Å²) in [6.07, 6.45) is 2.12. The van der Waals surface area contributed by atoms with Crippen molar-refractivity contribution in [2.24, 2.45) is 0 Å². The number of hydrogen-bond acceptors (Lipinski definition) is 5. The number of benzene rings is 4. The van der Waals surface area contributed by atoms with Gasteiger partial charge in [0.15, 0.2) is 5.82 Å². The van der Waals surface area contributed by atoms with Crippen molar-refractivity contribution in [3.63, 3.8) is 0 Å². The van der Waals surface area contributed by atoms with Crippen LogP contribution in [0.5, 0.6) is 0 Å². The molecular formula is C32H29N3O2S2. The predicted octanol–water partition coefficient (Wildman–Crippen LogP) is 7.23. The zero-order chi connectivity index (χ0) is 27.1. The Morgan fingerprint density at radius 1 is 0.718 bits per heavy atom. The summed E-state index contributed by atoms with van der Waals surface area (Å²) in [5.41, 5.74) is 6.18. The van der Waals surface area contributed by atoms with Gasteiger partial charge in [-0.15, -0.1) is 0 Å². The van der Waals surface area contributed by atoms with Crippen LogP contribution in [0.3, 0.4) is 0 Å². The van der Waals surface area contributed by atoms with Crippen molar-refractivity contribution < 1.29 is 8.42 Å². The Hall–Kier alpha value is -3.94. The van der Waals surface area contributed by atoms with Crippen LogP contribution in [0, 0.1) is 6.92 Å². The van der Waals surface area contributed by atoms with Crippen LogP contribution in [0.4, 0.5) is 5.82 Å². The first-order valence-corrected chi connectivity index (χ1v) is 15.2. The van der Waals surface area contributed by atoms with Crippen LogP contribution in [0.1, 0.15) is 27.9 Å². The topological polar surface area (TPSA) is 63.2 Å². The normalized spacial score (nSPS) is 11.3. The van der Waals surface area contributed by atoms with Gasteiger partial charge >= 0.3 is 0 Å². The number of hydrogen-bond donors (Lipinski definition) is 0. The second-order valence-electron chi connectivity index (χ2n) is 9.28. The molecule has 0 aliphatic heterocycles. The van der Waals surface area contributed by atoms with E-state index in [0.717, 1.165) is 27.8 Å². The maximum atomic E-state index is 14.0. The van der Waals surface area contributed by atoms with Crippen molar-refractivity contribution in [1.29, 1.82) is 0 Å². The van der Waals surface area contributed by atoms with Crippen LogP contribution in [-0.2, 0) is 27.9 Å². The highest BCUT2D eigenvalue weighted by molar-refractivity contribution is 8.13. The third-order valence-corrected chi connectivity index (χ3v) is 9.44. The van der Waals surface area contributed by atoms with Gasteiger partial charge in [0.05, 0.1) is 23.3 Å². The van der Waals surface area contributed by atoms with Gasteiger partial charge in [0.1, 0.15) is 0 Å². The smallest absolute Gasteiger partial charge is 0.247 e. The molecule has 0 radical (unpaired) electrons. The molecule has 39 heavy (non-hydrogen) atoms. The van der Waals surface area contributed by atoms with Crippen LogP contribution in [-0.4, -0.2) is 18.4 Å². The van der Waals surface area contributed by atoms with E-state index in [-0.39, 0.29) is 5.75 Å². The largest absolute Gasteiger partial charge is 0.250 e. The van der Waals surface area contributed by atoms with E-state index in [4.69, 9.17) is 9.97 Å². The molecule has 0 amide bonds. The lowest BCUT2D eigenvalue weighted by atomic mass is 10.1. The Balaban J connectivity index is 1.58. The predicted molar refractivity (Wildman–Crippen MR) is 161 cm³/mol. The molecule has 1 heterocycles. The van der Waals surface area contributed by atoms with Crippen molar-refractivity contribution in [3.8, 4) is 11.3 Å². The molecule has 0 fully saturated rings. The maximum Gasteiger partial charge on any atom is 0.250 e. The van der Waals surface area contributed by atoms with Gasteiger partial charge in [-0.2, -0.15) is 3.71 Å². The lowest BCUT2D eigenvalue weighted by Crippen LogP contribution is -2.28. The van der Waals surface area contributed by atoms with E-state index in [9.17, 15) is 8.42 Å². The first-order valence-electron chi connectivity index (χ1n) is 12.7. The SMILES string of the molecule is Cc1ccc(-c2cnc(N(SCc3ccccc3)S(=O)(=O)Cc3ccccc3)c(Cc3ccccc3)n2)cc1. The van der Waals surface area contributed by atoms with Crippen molar-refractivity contribution >= 4 is 27.8 Å².